The number of carbonyl (C=O) groups excluding carboxylic acids is 6. The molecule has 0 aromatic heterocycles. The molecule has 0 bridgehead atoms. The van der Waals surface area contributed by atoms with Gasteiger partial charge in [-0.3, -0.25) is 28.8 Å². The third-order valence-corrected chi connectivity index (χ3v) is 9.94. The molecule has 0 aliphatic rings. The van der Waals surface area contributed by atoms with Crippen molar-refractivity contribution in [2.45, 2.75) is 136 Å². The average molecular weight is 736 g/mol. The predicted molar refractivity (Wildman–Crippen MR) is 193 cm³/mol. The van der Waals surface area contributed by atoms with Crippen molar-refractivity contribution in [2.75, 3.05) is 21.1 Å². The number of aliphatic hydroxyl groups is 3. The fraction of sp³-hybridized carbons (Fsp3) is 0.684. The summed E-state index contributed by atoms with van der Waals surface area (Å²) in [5, 5.41) is 34.1. The van der Waals surface area contributed by atoms with E-state index >= 15 is 14.4 Å². The second-order valence-corrected chi connectivity index (χ2v) is 14.9. The third-order valence-electron chi connectivity index (χ3n) is 9.94. The highest BCUT2D eigenvalue weighted by Gasteiger charge is 2.70. The van der Waals surface area contributed by atoms with Crippen LogP contribution in [0.15, 0.2) is 30.3 Å². The molecule has 14 nitrogen and oxygen atoms in total. The van der Waals surface area contributed by atoms with Crippen molar-refractivity contribution in [2.24, 2.45) is 11.8 Å². The van der Waals surface area contributed by atoms with Crippen LogP contribution in [0.25, 0.3) is 0 Å². The lowest BCUT2D eigenvalue weighted by Crippen LogP contribution is -2.80. The van der Waals surface area contributed by atoms with E-state index in [0.29, 0.717) is 4.90 Å². The van der Waals surface area contributed by atoms with Gasteiger partial charge >= 0.3 is 5.97 Å². The molecule has 3 N–H and O–H groups in total. The van der Waals surface area contributed by atoms with Gasteiger partial charge in [-0.05, 0) is 65.9 Å². The van der Waals surface area contributed by atoms with Gasteiger partial charge in [0, 0.05) is 21.1 Å². The molecule has 0 aliphatic carbocycles. The quantitative estimate of drug-likeness (QED) is 0.107. The van der Waals surface area contributed by atoms with Gasteiger partial charge in [0.05, 0.1) is 12.6 Å². The van der Waals surface area contributed by atoms with Gasteiger partial charge in [0.1, 0.15) is 17.8 Å². The number of nitrogens with zero attached hydrogens (tertiary/aromatic N) is 3. The zero-order valence-electron chi connectivity index (χ0n) is 33.3. The molecule has 8 atom stereocenters. The number of rotatable bonds is 19. The Balaban J connectivity index is 4.46. The topological polar surface area (TPSA) is 191 Å². The minimum Gasteiger partial charge on any atom is -0.457 e. The van der Waals surface area contributed by atoms with Gasteiger partial charge in [-0.15, -0.1) is 0 Å². The van der Waals surface area contributed by atoms with E-state index in [1.54, 1.807) is 38.1 Å². The minimum absolute atomic E-state index is 0.0291. The summed E-state index contributed by atoms with van der Waals surface area (Å²) in [6, 6.07) is 7.74. The van der Waals surface area contributed by atoms with Crippen molar-refractivity contribution in [3.63, 3.8) is 0 Å². The summed E-state index contributed by atoms with van der Waals surface area (Å²) in [5.41, 5.74) is -9.07. The summed E-state index contributed by atoms with van der Waals surface area (Å²) in [5.74, 6) is -9.76. The first kappa shape index (κ1) is 46.5. The molecule has 2 amide bonds. The van der Waals surface area contributed by atoms with Crippen LogP contribution in [0.4, 0.5) is 0 Å². The van der Waals surface area contributed by atoms with Crippen LogP contribution in [-0.2, 0) is 44.9 Å². The summed E-state index contributed by atoms with van der Waals surface area (Å²) in [6.45, 7) is 15.2. The Morgan fingerprint density at radius 2 is 1.13 bits per heavy atom. The lowest BCUT2D eigenvalue weighted by molar-refractivity contribution is -0.194. The van der Waals surface area contributed by atoms with Gasteiger partial charge in [0.15, 0.2) is 22.6 Å². The number of likely N-dealkylation sites (N-methyl/N-ethyl adjacent to an activating group) is 3. The van der Waals surface area contributed by atoms with Crippen molar-refractivity contribution in [1.29, 1.82) is 0 Å². The van der Waals surface area contributed by atoms with Crippen molar-refractivity contribution in [3.05, 3.63) is 35.9 Å². The zero-order valence-corrected chi connectivity index (χ0v) is 33.3. The van der Waals surface area contributed by atoms with E-state index in [1.165, 1.54) is 53.7 Å². The number of amides is 2. The number of hydroxylamine groups is 2. The first-order valence-electron chi connectivity index (χ1n) is 17.7. The van der Waals surface area contributed by atoms with E-state index in [1.807, 2.05) is 6.07 Å². The Morgan fingerprint density at radius 1 is 0.712 bits per heavy atom. The van der Waals surface area contributed by atoms with E-state index in [2.05, 4.69) is 0 Å². The predicted octanol–water partition coefficient (Wildman–Crippen LogP) is 2.49. The number of Topliss-reactive ketones (excluding diaryl/α,β-unsaturated/α-hetero) is 3. The summed E-state index contributed by atoms with van der Waals surface area (Å²) < 4.78 is 5.39. The summed E-state index contributed by atoms with van der Waals surface area (Å²) in [6.07, 6.45) is -3.50. The van der Waals surface area contributed by atoms with Crippen LogP contribution in [0.2, 0.25) is 0 Å². The van der Waals surface area contributed by atoms with Gasteiger partial charge < -0.3 is 29.9 Å². The van der Waals surface area contributed by atoms with Crippen LogP contribution in [0, 0.1) is 11.8 Å². The van der Waals surface area contributed by atoms with E-state index in [4.69, 9.17) is 9.57 Å². The maximum atomic E-state index is 16.1. The number of hydrogen-bond acceptors (Lipinski definition) is 12. The van der Waals surface area contributed by atoms with E-state index in [-0.39, 0.29) is 19.4 Å². The average Bonchev–Trinajstić information content (AvgIpc) is 3.08. The number of hydrogen-bond donors (Lipinski definition) is 3. The van der Waals surface area contributed by atoms with Crippen molar-refractivity contribution in [3.8, 4) is 0 Å². The molecular formula is C38H61N3O11. The van der Waals surface area contributed by atoms with Crippen LogP contribution in [0.1, 0.15) is 94.6 Å². The van der Waals surface area contributed by atoms with Gasteiger partial charge in [0.25, 0.3) is 11.8 Å². The molecule has 14 heteroatoms. The van der Waals surface area contributed by atoms with E-state index < -0.39 is 87.5 Å². The molecule has 1 aromatic rings. The molecule has 0 heterocycles. The SMILES string of the molecule is CC[C@H](C)[C@](C(=O)[C@](C)(O)C(=O)OC(C)(C)C)(C(=O)[C@](C(=O)[C@H](C)N(C)OCc1ccccc1)([C@@H](C)CC)N(C)C(=O)[C@@H](C)O)N(C)C(=O)[C@@H](C)O. The molecule has 1 rings (SSSR count). The largest absolute Gasteiger partial charge is 0.457 e. The molecule has 0 aliphatic heterocycles. The number of carbonyl (C=O) groups is 6. The van der Waals surface area contributed by atoms with Crippen LogP contribution < -0.4 is 0 Å². The highest BCUT2D eigenvalue weighted by molar-refractivity contribution is 6.30. The Bertz CT molecular complexity index is 1440. The molecule has 52 heavy (non-hydrogen) atoms. The fourth-order valence-electron chi connectivity index (χ4n) is 6.39. The fourth-order valence-corrected chi connectivity index (χ4v) is 6.39. The normalized spacial score (nSPS) is 18.3. The number of esters is 1. The Morgan fingerprint density at radius 3 is 1.54 bits per heavy atom. The molecule has 0 saturated heterocycles. The van der Waals surface area contributed by atoms with Gasteiger partial charge in [-0.1, -0.05) is 70.9 Å². The van der Waals surface area contributed by atoms with Crippen LogP contribution in [0.3, 0.4) is 0 Å². The second-order valence-electron chi connectivity index (χ2n) is 14.9. The molecule has 0 unspecified atom stereocenters. The second kappa shape index (κ2) is 18.0. The van der Waals surface area contributed by atoms with E-state index in [0.717, 1.165) is 45.3 Å². The number of aliphatic hydroxyl groups excluding tert-OH is 2. The highest BCUT2D eigenvalue weighted by atomic mass is 16.7. The first-order valence-corrected chi connectivity index (χ1v) is 17.7. The monoisotopic (exact) mass is 735 g/mol. The summed E-state index contributed by atoms with van der Waals surface area (Å²) >= 11 is 0. The van der Waals surface area contributed by atoms with Crippen LogP contribution in [0.5, 0.6) is 0 Å². The standard InChI is InChI=1S/C38H61N3O11/c1-15-23(3)37(39(12)30(45)26(6)42,29(44)25(5)41(14)51-22-28-20-18-17-19-21-28)33(48)38(24(4)16-2,40(13)31(46)27(7)43)32(47)36(11,50)34(49)52-35(8,9)10/h17-21,23-27,42-43,50H,15-16,22H2,1-14H3/t23-,24-,25-,26+,27+,36-,37+,38-/m0/s1. The molecule has 0 spiro atoms. The molecule has 1 aromatic carbocycles. The highest BCUT2D eigenvalue weighted by Crippen LogP contribution is 2.43. The first-order chi connectivity index (χ1) is 23.7. The Labute approximate surface area is 308 Å². The number of ether oxygens (including phenoxy) is 1. The molecule has 0 fully saturated rings. The Kier molecular flexibility index (Phi) is 16.1. The van der Waals surface area contributed by atoms with Gasteiger partial charge in [-0.25, -0.2) is 4.79 Å². The number of ketones is 3. The third kappa shape index (κ3) is 9.14. The maximum Gasteiger partial charge on any atom is 0.346 e. The lowest BCUT2D eigenvalue weighted by atomic mass is 9.60. The van der Waals surface area contributed by atoms with Crippen molar-refractivity contribution < 1.29 is 53.7 Å². The van der Waals surface area contributed by atoms with Crippen LogP contribution in [-0.4, -0.2) is 127 Å². The molecule has 0 saturated carbocycles. The molecule has 294 valence electrons. The lowest BCUT2D eigenvalue weighted by Gasteiger charge is -2.54. The Hall–Kier alpha value is -3.56. The van der Waals surface area contributed by atoms with Crippen molar-refractivity contribution in [1.82, 2.24) is 14.9 Å². The number of benzene rings is 1. The maximum absolute atomic E-state index is 16.1. The van der Waals surface area contributed by atoms with Gasteiger partial charge in [0.2, 0.25) is 11.4 Å². The zero-order chi connectivity index (χ0) is 40.7. The minimum atomic E-state index is -3.10. The van der Waals surface area contributed by atoms with Gasteiger partial charge in [-0.2, -0.15) is 5.06 Å². The van der Waals surface area contributed by atoms with Crippen molar-refractivity contribution >= 4 is 35.1 Å². The smallest absolute Gasteiger partial charge is 0.346 e. The van der Waals surface area contributed by atoms with E-state index in [9.17, 15) is 29.7 Å². The van der Waals surface area contributed by atoms with Crippen LogP contribution >= 0.6 is 0 Å². The summed E-state index contributed by atoms with van der Waals surface area (Å²) in [7, 11) is 3.66. The molecule has 0 radical (unpaired) electrons. The molecular weight excluding hydrogens is 674 g/mol. The summed E-state index contributed by atoms with van der Waals surface area (Å²) in [4.78, 5) is 95.0.